The van der Waals surface area contributed by atoms with E-state index in [-0.39, 0.29) is 5.28 Å². The van der Waals surface area contributed by atoms with E-state index in [9.17, 15) is 0 Å². The van der Waals surface area contributed by atoms with Crippen LogP contribution in [-0.4, -0.2) is 59.8 Å². The monoisotopic (exact) mass is 484 g/mol. The number of methoxy groups -OCH3 is 2. The van der Waals surface area contributed by atoms with E-state index >= 15 is 0 Å². The maximum Gasteiger partial charge on any atom is 0.224 e. The standard InChI is InChI=1S/C23H22Cl2N6O2/c1-32-19-13-20(33-2)17(24)12-16(19)18-14-31-6-4-15(11-22(31)27-18)29-7-9-30(10-8-29)21-3-5-26-23(25)28-21/h3-6,11-14H,7-10H2,1-2H3. The molecule has 0 radical (unpaired) electrons. The highest BCUT2D eigenvalue weighted by atomic mass is 35.5. The first-order valence-electron chi connectivity index (χ1n) is 10.4. The van der Waals surface area contributed by atoms with Crippen molar-refractivity contribution in [3.63, 3.8) is 0 Å². The third kappa shape index (κ3) is 4.24. The average Bonchev–Trinajstić information content (AvgIpc) is 3.27. The SMILES string of the molecule is COc1cc(OC)c(-c2cn3ccc(N4CCN(c5ccnc(Cl)n5)CC4)cc3n2)cc1Cl. The molecule has 33 heavy (non-hydrogen) atoms. The molecule has 3 aromatic heterocycles. The summed E-state index contributed by atoms with van der Waals surface area (Å²) in [6.45, 7) is 3.43. The molecule has 4 aromatic rings. The minimum absolute atomic E-state index is 0.269. The highest BCUT2D eigenvalue weighted by molar-refractivity contribution is 6.32. The summed E-state index contributed by atoms with van der Waals surface area (Å²) in [6.07, 6.45) is 5.68. The van der Waals surface area contributed by atoms with Crippen molar-refractivity contribution in [2.45, 2.75) is 0 Å². The Morgan fingerprint density at radius 1 is 0.879 bits per heavy atom. The normalized spacial score (nSPS) is 14.1. The molecule has 1 saturated heterocycles. The van der Waals surface area contributed by atoms with Crippen molar-refractivity contribution in [1.29, 1.82) is 0 Å². The lowest BCUT2D eigenvalue weighted by molar-refractivity contribution is 0.395. The topological polar surface area (TPSA) is 68.0 Å². The van der Waals surface area contributed by atoms with Crippen LogP contribution in [0, 0.1) is 0 Å². The lowest BCUT2D eigenvalue weighted by Crippen LogP contribution is -2.46. The minimum atomic E-state index is 0.269. The molecule has 1 aliphatic rings. The summed E-state index contributed by atoms with van der Waals surface area (Å²) in [5.41, 5.74) is 3.56. The summed E-state index contributed by atoms with van der Waals surface area (Å²) in [5, 5.41) is 0.777. The highest BCUT2D eigenvalue weighted by Gasteiger charge is 2.20. The van der Waals surface area contributed by atoms with Crippen LogP contribution in [0.5, 0.6) is 11.5 Å². The van der Waals surface area contributed by atoms with Gasteiger partial charge in [-0.2, -0.15) is 0 Å². The first-order valence-corrected chi connectivity index (χ1v) is 11.2. The third-order valence-corrected chi connectivity index (χ3v) is 6.25. The third-order valence-electron chi connectivity index (χ3n) is 5.77. The van der Waals surface area contributed by atoms with Crippen molar-refractivity contribution in [1.82, 2.24) is 19.4 Å². The molecule has 5 rings (SSSR count). The number of nitrogens with zero attached hydrogens (tertiary/aromatic N) is 6. The van der Waals surface area contributed by atoms with E-state index in [2.05, 4.69) is 31.9 Å². The Kier molecular flexibility index (Phi) is 5.86. The zero-order valence-electron chi connectivity index (χ0n) is 18.2. The zero-order valence-corrected chi connectivity index (χ0v) is 19.7. The van der Waals surface area contributed by atoms with Gasteiger partial charge in [0.25, 0.3) is 0 Å². The molecule has 0 spiro atoms. The molecular formula is C23H22Cl2N6O2. The fourth-order valence-electron chi connectivity index (χ4n) is 4.05. The molecule has 0 saturated carbocycles. The quantitative estimate of drug-likeness (QED) is 0.387. The fourth-order valence-corrected chi connectivity index (χ4v) is 4.44. The van der Waals surface area contributed by atoms with Crippen LogP contribution >= 0.6 is 23.2 Å². The number of rotatable bonds is 5. The van der Waals surface area contributed by atoms with E-state index in [1.165, 1.54) is 0 Å². The maximum absolute atomic E-state index is 6.36. The predicted molar refractivity (Wildman–Crippen MR) is 130 cm³/mol. The molecule has 0 aliphatic carbocycles. The van der Waals surface area contributed by atoms with Crippen LogP contribution in [0.25, 0.3) is 16.9 Å². The Morgan fingerprint density at radius 2 is 1.64 bits per heavy atom. The lowest BCUT2D eigenvalue weighted by atomic mass is 10.1. The summed E-state index contributed by atoms with van der Waals surface area (Å²) in [4.78, 5) is 17.7. The number of imidazole rings is 1. The minimum Gasteiger partial charge on any atom is -0.496 e. The Balaban J connectivity index is 1.38. The van der Waals surface area contributed by atoms with Gasteiger partial charge in [-0.25, -0.2) is 15.0 Å². The van der Waals surface area contributed by atoms with Gasteiger partial charge in [0.2, 0.25) is 5.28 Å². The van der Waals surface area contributed by atoms with Crippen molar-refractivity contribution in [3.05, 3.63) is 59.2 Å². The van der Waals surface area contributed by atoms with Crippen molar-refractivity contribution < 1.29 is 9.47 Å². The molecule has 0 N–H and O–H groups in total. The molecule has 170 valence electrons. The van der Waals surface area contributed by atoms with Gasteiger partial charge in [-0.05, 0) is 29.8 Å². The van der Waals surface area contributed by atoms with Gasteiger partial charge >= 0.3 is 0 Å². The summed E-state index contributed by atoms with van der Waals surface area (Å²) >= 11 is 12.3. The molecule has 0 atom stereocenters. The maximum atomic E-state index is 6.36. The van der Waals surface area contributed by atoms with E-state index in [0.717, 1.165) is 54.6 Å². The van der Waals surface area contributed by atoms with Gasteiger partial charge in [0.05, 0.1) is 24.9 Å². The Bertz CT molecular complexity index is 1300. The van der Waals surface area contributed by atoms with Gasteiger partial charge in [0.15, 0.2) is 0 Å². The number of halogens is 2. The number of hydrogen-bond acceptors (Lipinski definition) is 7. The van der Waals surface area contributed by atoms with Crippen LogP contribution in [-0.2, 0) is 0 Å². The first kappa shape index (κ1) is 21.6. The lowest BCUT2D eigenvalue weighted by Gasteiger charge is -2.36. The second kappa shape index (κ2) is 8.96. The molecular weight excluding hydrogens is 463 g/mol. The summed E-state index contributed by atoms with van der Waals surface area (Å²) in [7, 11) is 3.20. The second-order valence-electron chi connectivity index (χ2n) is 7.62. The molecule has 1 aromatic carbocycles. The molecule has 1 aliphatic heterocycles. The number of anilines is 2. The van der Waals surface area contributed by atoms with Crippen molar-refractivity contribution >= 4 is 40.4 Å². The zero-order chi connectivity index (χ0) is 22.9. The molecule has 4 heterocycles. The largest absolute Gasteiger partial charge is 0.496 e. The van der Waals surface area contributed by atoms with E-state index in [1.54, 1.807) is 26.5 Å². The van der Waals surface area contributed by atoms with Gasteiger partial charge in [0.1, 0.15) is 23.0 Å². The van der Waals surface area contributed by atoms with Gasteiger partial charge < -0.3 is 23.7 Å². The summed E-state index contributed by atoms with van der Waals surface area (Å²) < 4.78 is 12.8. The Hall–Kier alpha value is -3.23. The van der Waals surface area contributed by atoms with Crippen LogP contribution in [0.15, 0.2) is 48.9 Å². The summed E-state index contributed by atoms with van der Waals surface area (Å²) in [6, 6.07) is 9.68. The van der Waals surface area contributed by atoms with Crippen LogP contribution in [0.1, 0.15) is 0 Å². The van der Waals surface area contributed by atoms with Gasteiger partial charge in [-0.1, -0.05) is 11.6 Å². The van der Waals surface area contributed by atoms with Crippen LogP contribution < -0.4 is 19.3 Å². The number of pyridine rings is 1. The number of piperazine rings is 1. The molecule has 0 bridgehead atoms. The molecule has 10 heteroatoms. The highest BCUT2D eigenvalue weighted by Crippen LogP contribution is 2.38. The smallest absolute Gasteiger partial charge is 0.224 e. The van der Waals surface area contributed by atoms with E-state index in [4.69, 9.17) is 37.7 Å². The van der Waals surface area contributed by atoms with Crippen molar-refractivity contribution in [3.8, 4) is 22.8 Å². The number of benzene rings is 1. The molecule has 8 nitrogen and oxygen atoms in total. The number of ether oxygens (including phenoxy) is 2. The second-order valence-corrected chi connectivity index (χ2v) is 8.37. The first-order chi connectivity index (χ1) is 16.1. The van der Waals surface area contributed by atoms with Crippen molar-refractivity contribution in [2.75, 3.05) is 50.2 Å². The average molecular weight is 485 g/mol. The van der Waals surface area contributed by atoms with E-state index in [1.807, 2.05) is 28.9 Å². The number of aromatic nitrogens is 4. The summed E-state index contributed by atoms with van der Waals surface area (Å²) in [5.74, 6) is 2.07. The Morgan fingerprint density at radius 3 is 2.36 bits per heavy atom. The van der Waals surface area contributed by atoms with Gasteiger partial charge in [-0.15, -0.1) is 0 Å². The van der Waals surface area contributed by atoms with Crippen LogP contribution in [0.3, 0.4) is 0 Å². The van der Waals surface area contributed by atoms with Gasteiger partial charge in [-0.3, -0.25) is 0 Å². The van der Waals surface area contributed by atoms with Gasteiger partial charge in [0, 0.05) is 68.2 Å². The van der Waals surface area contributed by atoms with Crippen LogP contribution in [0.2, 0.25) is 10.3 Å². The van der Waals surface area contributed by atoms with E-state index < -0.39 is 0 Å². The van der Waals surface area contributed by atoms with Crippen molar-refractivity contribution in [2.24, 2.45) is 0 Å². The molecule has 0 unspecified atom stereocenters. The number of fused-ring (bicyclic) bond motifs is 1. The predicted octanol–water partition coefficient (Wildman–Crippen LogP) is 4.44. The fraction of sp³-hybridized carbons (Fsp3) is 0.261. The Labute approximate surface area is 201 Å². The van der Waals surface area contributed by atoms with E-state index in [0.29, 0.717) is 16.5 Å². The number of hydrogen-bond donors (Lipinski definition) is 0. The van der Waals surface area contributed by atoms with Crippen LogP contribution in [0.4, 0.5) is 11.5 Å². The molecule has 0 amide bonds. The molecule has 1 fully saturated rings.